The van der Waals surface area contributed by atoms with Crippen LogP contribution in [-0.2, 0) is 21.7 Å². The predicted molar refractivity (Wildman–Crippen MR) is 181 cm³/mol. The summed E-state index contributed by atoms with van der Waals surface area (Å²) in [4.78, 5) is 6.78. The minimum Gasteiger partial charge on any atom is -0.457 e. The zero-order valence-electron chi connectivity index (χ0n) is 28.9. The number of hydrogen-bond acceptors (Lipinski definition) is 3. The number of benzene rings is 3. The van der Waals surface area contributed by atoms with Gasteiger partial charge in [0.05, 0.1) is 20.8 Å². The van der Waals surface area contributed by atoms with Gasteiger partial charge in [0.2, 0.25) is 0 Å². The number of nitrogens with zero attached hydrogens (tertiary/aromatic N) is 2. The summed E-state index contributed by atoms with van der Waals surface area (Å²) in [6.07, 6.45) is 4.69. The van der Waals surface area contributed by atoms with E-state index >= 15 is 0 Å². The average Bonchev–Trinajstić information content (AvgIpc) is 2.99. The van der Waals surface area contributed by atoms with Crippen molar-refractivity contribution in [2.45, 2.75) is 103 Å². The third-order valence-electron chi connectivity index (χ3n) is 11.4. The number of aromatic nitrogens is 1. The van der Waals surface area contributed by atoms with E-state index < -0.39 is 0 Å². The highest BCUT2D eigenvalue weighted by Crippen LogP contribution is 2.51. The van der Waals surface area contributed by atoms with Crippen LogP contribution in [0.2, 0.25) is 0 Å². The molecule has 0 unspecified atom stereocenters. The lowest BCUT2D eigenvalue weighted by atomic mass is 9.34. The Bertz CT molecular complexity index is 1940. The van der Waals surface area contributed by atoms with E-state index in [2.05, 4.69) is 108 Å². The predicted octanol–water partition coefficient (Wildman–Crippen LogP) is 8.18. The molecular formula is C39H43BN2O. The molecule has 0 amide bonds. The highest BCUT2D eigenvalue weighted by molar-refractivity contribution is 6.99. The quantitative estimate of drug-likeness (QED) is 0.187. The molecule has 0 bridgehead atoms. The van der Waals surface area contributed by atoms with E-state index in [9.17, 15) is 1.37 Å². The molecule has 0 radical (unpaired) electrons. The Morgan fingerprint density at radius 3 is 1.95 bits per heavy atom. The standard InChI is InChI=1S/C39H43BN2O/c1-36(2)15-16-37(3,4)26-19-24(13-14-25(26)36)42-31-21-28-27(38(5,6)17-18-39(28,7)8)20-30(31)40-29-11-9-10-12-33(29)43-34-23-41-22-32(42)35(34)40/h9-14,19-23H,15-18H2,1-8H3/i22D,23D. The topological polar surface area (TPSA) is 25.4 Å². The molecule has 2 aliphatic carbocycles. The molecule has 0 N–H and O–H groups in total. The first-order valence-electron chi connectivity index (χ1n) is 17.0. The highest BCUT2D eigenvalue weighted by Gasteiger charge is 2.46. The second-order valence-corrected chi connectivity index (χ2v) is 16.1. The number of para-hydroxylation sites is 1. The normalized spacial score (nSPS) is 21.7. The van der Waals surface area contributed by atoms with Gasteiger partial charge in [0.15, 0.2) is 0 Å². The smallest absolute Gasteiger partial charge is 0.256 e. The average molecular weight is 569 g/mol. The highest BCUT2D eigenvalue weighted by atomic mass is 16.5. The van der Waals surface area contributed by atoms with Gasteiger partial charge in [0.1, 0.15) is 11.5 Å². The lowest BCUT2D eigenvalue weighted by Crippen LogP contribution is -2.60. The zero-order valence-corrected chi connectivity index (χ0v) is 26.9. The summed E-state index contributed by atoms with van der Waals surface area (Å²) in [5, 5.41) is 0. The van der Waals surface area contributed by atoms with E-state index in [1.165, 1.54) is 27.7 Å². The third kappa shape index (κ3) is 3.77. The van der Waals surface area contributed by atoms with Gasteiger partial charge in [-0.05, 0) is 105 Å². The fraction of sp³-hybridized carbons (Fsp3) is 0.410. The van der Waals surface area contributed by atoms with Crippen molar-refractivity contribution in [2.24, 2.45) is 0 Å². The summed E-state index contributed by atoms with van der Waals surface area (Å²) in [5.41, 5.74) is 11.9. The molecule has 218 valence electrons. The summed E-state index contributed by atoms with van der Waals surface area (Å²) in [6.45, 7) is 18.8. The number of hydrogen-bond donors (Lipinski definition) is 0. The van der Waals surface area contributed by atoms with Gasteiger partial charge in [0, 0.05) is 16.8 Å². The van der Waals surface area contributed by atoms with Crippen LogP contribution in [0.3, 0.4) is 0 Å². The number of rotatable bonds is 1. The lowest BCUT2D eigenvalue weighted by molar-refractivity contribution is 0.332. The molecule has 4 aromatic rings. The fourth-order valence-electron chi connectivity index (χ4n) is 8.42. The molecule has 0 spiro atoms. The van der Waals surface area contributed by atoms with Gasteiger partial charge in [0.25, 0.3) is 6.71 Å². The Kier molecular flexibility index (Phi) is 4.95. The second-order valence-electron chi connectivity index (χ2n) is 16.1. The van der Waals surface area contributed by atoms with Crippen molar-refractivity contribution < 1.29 is 7.48 Å². The summed E-state index contributed by atoms with van der Waals surface area (Å²) in [7, 11) is 0. The first-order valence-corrected chi connectivity index (χ1v) is 16.0. The van der Waals surface area contributed by atoms with Crippen molar-refractivity contribution in [3.63, 3.8) is 0 Å². The molecule has 3 heterocycles. The molecule has 3 nitrogen and oxygen atoms in total. The maximum absolute atomic E-state index is 9.31. The lowest BCUT2D eigenvalue weighted by Gasteiger charge is -2.46. The third-order valence-corrected chi connectivity index (χ3v) is 11.4. The van der Waals surface area contributed by atoms with Gasteiger partial charge >= 0.3 is 0 Å². The van der Waals surface area contributed by atoms with Crippen LogP contribution in [-0.4, -0.2) is 11.7 Å². The minimum absolute atomic E-state index is 0.0226. The zero-order chi connectivity index (χ0) is 31.8. The Morgan fingerprint density at radius 1 is 0.651 bits per heavy atom. The monoisotopic (exact) mass is 568 g/mol. The number of fused-ring (bicyclic) bond motifs is 6. The van der Waals surface area contributed by atoms with Crippen molar-refractivity contribution in [1.82, 2.24) is 4.98 Å². The molecular weight excluding hydrogens is 523 g/mol. The molecule has 0 fully saturated rings. The van der Waals surface area contributed by atoms with Crippen LogP contribution in [0.4, 0.5) is 17.1 Å². The van der Waals surface area contributed by atoms with Crippen molar-refractivity contribution in [2.75, 3.05) is 4.90 Å². The molecule has 1 aromatic heterocycles. The van der Waals surface area contributed by atoms with Crippen LogP contribution in [0.25, 0.3) is 0 Å². The SMILES string of the molecule is [2H]c1nc([2H])c2c3c1Oc1ccccc1B3c1cc3c(cc1N2c1ccc2c(c1)C(C)(C)CCC2(C)C)C(C)(C)CCC3(C)C. The first kappa shape index (κ1) is 24.9. The van der Waals surface area contributed by atoms with E-state index in [0.717, 1.165) is 59.4 Å². The van der Waals surface area contributed by atoms with Crippen molar-refractivity contribution in [1.29, 1.82) is 0 Å². The van der Waals surface area contributed by atoms with Crippen LogP contribution < -0.4 is 26.0 Å². The van der Waals surface area contributed by atoms with E-state index in [0.29, 0.717) is 5.75 Å². The summed E-state index contributed by atoms with van der Waals surface area (Å²) >= 11 is 0. The van der Waals surface area contributed by atoms with Crippen LogP contribution in [0.5, 0.6) is 11.5 Å². The van der Waals surface area contributed by atoms with E-state index in [4.69, 9.17) is 6.11 Å². The van der Waals surface area contributed by atoms with Crippen LogP contribution in [0.15, 0.2) is 66.9 Å². The van der Waals surface area contributed by atoms with Gasteiger partial charge in [-0.3, -0.25) is 4.98 Å². The van der Waals surface area contributed by atoms with Crippen LogP contribution in [0, 0.1) is 0 Å². The molecule has 8 rings (SSSR count). The fourth-order valence-corrected chi connectivity index (χ4v) is 8.42. The number of pyridine rings is 1. The molecule has 4 heteroatoms. The maximum atomic E-state index is 9.31. The summed E-state index contributed by atoms with van der Waals surface area (Å²) in [6, 6.07) is 20.1. The van der Waals surface area contributed by atoms with Gasteiger partial charge < -0.3 is 9.64 Å². The van der Waals surface area contributed by atoms with E-state index in [1.807, 2.05) is 12.1 Å². The number of anilines is 3. The maximum Gasteiger partial charge on any atom is 0.256 e. The minimum atomic E-state index is -0.151. The van der Waals surface area contributed by atoms with Crippen molar-refractivity contribution in [3.8, 4) is 11.5 Å². The van der Waals surface area contributed by atoms with Crippen LogP contribution >= 0.6 is 0 Å². The molecule has 2 aliphatic heterocycles. The van der Waals surface area contributed by atoms with Crippen molar-refractivity contribution >= 4 is 40.2 Å². The molecule has 43 heavy (non-hydrogen) atoms. The largest absolute Gasteiger partial charge is 0.457 e. The molecule has 4 aliphatic rings. The summed E-state index contributed by atoms with van der Waals surface area (Å²) in [5.74, 6) is 1.24. The molecule has 3 aromatic carbocycles. The van der Waals surface area contributed by atoms with Crippen LogP contribution in [0.1, 0.15) is 106 Å². The Labute approximate surface area is 260 Å². The van der Waals surface area contributed by atoms with Gasteiger partial charge in [-0.15, -0.1) is 0 Å². The van der Waals surface area contributed by atoms with E-state index in [1.54, 1.807) is 0 Å². The Balaban J connectivity index is 1.49. The molecule has 0 atom stereocenters. The Morgan fingerprint density at radius 2 is 1.26 bits per heavy atom. The van der Waals surface area contributed by atoms with E-state index in [-0.39, 0.29) is 40.7 Å². The second kappa shape index (κ2) is 8.55. The van der Waals surface area contributed by atoms with Crippen molar-refractivity contribution in [3.05, 3.63) is 89.2 Å². The van der Waals surface area contributed by atoms with Gasteiger partial charge in [-0.25, -0.2) is 0 Å². The van der Waals surface area contributed by atoms with Gasteiger partial charge in [-0.2, -0.15) is 0 Å². The summed E-state index contributed by atoms with van der Waals surface area (Å²) < 4.78 is 24.7. The first-order chi connectivity index (χ1) is 21.1. The molecule has 0 saturated heterocycles. The Hall–Kier alpha value is -3.53. The number of ether oxygens (including phenoxy) is 1. The molecule has 0 saturated carbocycles. The van der Waals surface area contributed by atoms with Gasteiger partial charge in [-0.1, -0.05) is 85.7 Å².